The standard InChI is InChI=1S/C22H22N2O3S/c1-2-21(17-9-5-3-6-10-17)23-22(25)18-13-15-19(16-14-18)24-28(26,27)20-11-7-4-8-12-20/h3-16,21,24H,2H2,1H3,(H,23,25)/t21-/m0/s1. The molecule has 0 saturated heterocycles. The molecule has 0 aliphatic heterocycles. The molecule has 0 unspecified atom stereocenters. The average molecular weight is 394 g/mol. The third-order valence-corrected chi connectivity index (χ3v) is 5.77. The van der Waals surface area contributed by atoms with Crippen molar-refractivity contribution in [2.75, 3.05) is 4.72 Å². The van der Waals surface area contributed by atoms with E-state index in [4.69, 9.17) is 0 Å². The van der Waals surface area contributed by atoms with Crippen LogP contribution in [0.25, 0.3) is 0 Å². The summed E-state index contributed by atoms with van der Waals surface area (Å²) in [4.78, 5) is 12.7. The number of carbonyl (C=O) groups excluding carboxylic acids is 1. The third-order valence-electron chi connectivity index (χ3n) is 4.37. The van der Waals surface area contributed by atoms with E-state index in [1.165, 1.54) is 12.1 Å². The molecule has 2 N–H and O–H groups in total. The highest BCUT2D eigenvalue weighted by molar-refractivity contribution is 7.92. The lowest BCUT2D eigenvalue weighted by Crippen LogP contribution is -2.28. The van der Waals surface area contributed by atoms with Gasteiger partial charge in [-0.05, 0) is 48.4 Å². The van der Waals surface area contributed by atoms with Gasteiger partial charge >= 0.3 is 0 Å². The van der Waals surface area contributed by atoms with Crippen LogP contribution in [0.3, 0.4) is 0 Å². The maximum Gasteiger partial charge on any atom is 0.261 e. The average Bonchev–Trinajstić information content (AvgIpc) is 2.73. The van der Waals surface area contributed by atoms with Gasteiger partial charge in [0.2, 0.25) is 0 Å². The Hall–Kier alpha value is -3.12. The van der Waals surface area contributed by atoms with Gasteiger partial charge in [-0.2, -0.15) is 0 Å². The topological polar surface area (TPSA) is 75.3 Å². The molecule has 0 aliphatic rings. The number of benzene rings is 3. The summed E-state index contributed by atoms with van der Waals surface area (Å²) in [5, 5.41) is 3.02. The Bertz CT molecular complexity index is 1020. The number of rotatable bonds is 7. The number of carbonyl (C=O) groups is 1. The minimum Gasteiger partial charge on any atom is -0.345 e. The van der Waals surface area contributed by atoms with E-state index in [2.05, 4.69) is 10.0 Å². The first-order chi connectivity index (χ1) is 13.5. The molecular weight excluding hydrogens is 372 g/mol. The summed E-state index contributed by atoms with van der Waals surface area (Å²) in [6.45, 7) is 2.01. The zero-order valence-corrected chi connectivity index (χ0v) is 16.3. The van der Waals surface area contributed by atoms with Gasteiger partial charge < -0.3 is 5.32 Å². The van der Waals surface area contributed by atoms with Crippen molar-refractivity contribution in [1.82, 2.24) is 5.32 Å². The van der Waals surface area contributed by atoms with Gasteiger partial charge in [-0.25, -0.2) is 8.42 Å². The molecule has 3 rings (SSSR count). The highest BCUT2D eigenvalue weighted by Crippen LogP contribution is 2.19. The Labute approximate surface area is 165 Å². The van der Waals surface area contributed by atoms with Crippen LogP contribution in [0.15, 0.2) is 89.8 Å². The maximum absolute atomic E-state index is 12.6. The molecule has 3 aromatic rings. The fourth-order valence-electron chi connectivity index (χ4n) is 2.85. The van der Waals surface area contributed by atoms with Crippen LogP contribution in [0, 0.1) is 0 Å². The highest BCUT2D eigenvalue weighted by Gasteiger charge is 2.16. The van der Waals surface area contributed by atoms with E-state index in [0.717, 1.165) is 12.0 Å². The fraction of sp³-hybridized carbons (Fsp3) is 0.136. The van der Waals surface area contributed by atoms with Gasteiger partial charge in [-0.3, -0.25) is 9.52 Å². The molecule has 0 aliphatic carbocycles. The van der Waals surface area contributed by atoms with E-state index in [9.17, 15) is 13.2 Å². The number of sulfonamides is 1. The Morgan fingerprint density at radius 1 is 0.857 bits per heavy atom. The van der Waals surface area contributed by atoms with E-state index in [1.54, 1.807) is 42.5 Å². The van der Waals surface area contributed by atoms with Crippen LogP contribution < -0.4 is 10.0 Å². The van der Waals surface area contributed by atoms with Crippen LogP contribution in [-0.4, -0.2) is 14.3 Å². The zero-order valence-electron chi connectivity index (χ0n) is 15.5. The molecule has 0 spiro atoms. The molecule has 28 heavy (non-hydrogen) atoms. The van der Waals surface area contributed by atoms with Gasteiger partial charge in [0, 0.05) is 11.3 Å². The highest BCUT2D eigenvalue weighted by atomic mass is 32.2. The van der Waals surface area contributed by atoms with Gasteiger partial charge in [0.15, 0.2) is 0 Å². The van der Waals surface area contributed by atoms with Gasteiger partial charge in [-0.1, -0.05) is 55.5 Å². The molecule has 0 saturated carbocycles. The second kappa shape index (κ2) is 8.71. The zero-order chi connectivity index (χ0) is 20.0. The Kier molecular flexibility index (Phi) is 6.11. The van der Waals surface area contributed by atoms with E-state index in [0.29, 0.717) is 11.3 Å². The van der Waals surface area contributed by atoms with Gasteiger partial charge in [0.05, 0.1) is 10.9 Å². The molecule has 0 radical (unpaired) electrons. The van der Waals surface area contributed by atoms with Crippen molar-refractivity contribution in [3.05, 3.63) is 96.1 Å². The minimum atomic E-state index is -3.66. The SMILES string of the molecule is CC[C@H](NC(=O)c1ccc(NS(=O)(=O)c2ccccc2)cc1)c1ccccc1. The normalized spacial score (nSPS) is 12.2. The minimum absolute atomic E-state index is 0.0787. The van der Waals surface area contributed by atoms with E-state index >= 15 is 0 Å². The van der Waals surface area contributed by atoms with Crippen LogP contribution in [-0.2, 0) is 10.0 Å². The van der Waals surface area contributed by atoms with Crippen LogP contribution in [0.5, 0.6) is 0 Å². The molecule has 6 heteroatoms. The van der Waals surface area contributed by atoms with Crippen molar-refractivity contribution in [2.45, 2.75) is 24.3 Å². The van der Waals surface area contributed by atoms with Crippen molar-refractivity contribution in [3.63, 3.8) is 0 Å². The summed E-state index contributed by atoms with van der Waals surface area (Å²) in [6, 6.07) is 24.2. The number of anilines is 1. The first-order valence-corrected chi connectivity index (χ1v) is 10.5. The van der Waals surface area contributed by atoms with Crippen molar-refractivity contribution in [1.29, 1.82) is 0 Å². The lowest BCUT2D eigenvalue weighted by molar-refractivity contribution is 0.0935. The number of hydrogen-bond donors (Lipinski definition) is 2. The Morgan fingerprint density at radius 3 is 2.00 bits per heavy atom. The maximum atomic E-state index is 12.6. The molecule has 5 nitrogen and oxygen atoms in total. The molecule has 0 fully saturated rings. The van der Waals surface area contributed by atoms with E-state index in [1.807, 2.05) is 37.3 Å². The van der Waals surface area contributed by atoms with Crippen molar-refractivity contribution in [2.24, 2.45) is 0 Å². The second-order valence-electron chi connectivity index (χ2n) is 6.34. The van der Waals surface area contributed by atoms with Crippen molar-refractivity contribution < 1.29 is 13.2 Å². The van der Waals surface area contributed by atoms with Crippen molar-refractivity contribution >= 4 is 21.6 Å². The Balaban J connectivity index is 1.69. The predicted molar refractivity (Wildman–Crippen MR) is 111 cm³/mol. The lowest BCUT2D eigenvalue weighted by Gasteiger charge is -2.17. The summed E-state index contributed by atoms with van der Waals surface area (Å²) in [6.07, 6.45) is 0.769. The van der Waals surface area contributed by atoms with Gasteiger partial charge in [0.25, 0.3) is 15.9 Å². The molecule has 144 valence electrons. The first kappa shape index (κ1) is 19.6. The summed E-state index contributed by atoms with van der Waals surface area (Å²) in [5.41, 5.74) is 1.91. The van der Waals surface area contributed by atoms with Gasteiger partial charge in [0.1, 0.15) is 0 Å². The number of nitrogens with one attached hydrogen (secondary N) is 2. The summed E-state index contributed by atoms with van der Waals surface area (Å²) in [7, 11) is -3.66. The smallest absolute Gasteiger partial charge is 0.261 e. The van der Waals surface area contributed by atoms with Crippen LogP contribution in [0.2, 0.25) is 0 Å². The quantitative estimate of drug-likeness (QED) is 0.625. The second-order valence-corrected chi connectivity index (χ2v) is 8.02. The molecule has 1 amide bonds. The van der Waals surface area contributed by atoms with Crippen molar-refractivity contribution in [3.8, 4) is 0 Å². The fourth-order valence-corrected chi connectivity index (χ4v) is 3.93. The summed E-state index contributed by atoms with van der Waals surface area (Å²) >= 11 is 0. The largest absolute Gasteiger partial charge is 0.345 e. The molecule has 1 atom stereocenters. The molecule has 3 aromatic carbocycles. The van der Waals surface area contributed by atoms with Crippen LogP contribution >= 0.6 is 0 Å². The van der Waals surface area contributed by atoms with E-state index in [-0.39, 0.29) is 16.8 Å². The summed E-state index contributed by atoms with van der Waals surface area (Å²) in [5.74, 6) is -0.201. The Morgan fingerprint density at radius 2 is 1.43 bits per heavy atom. The van der Waals surface area contributed by atoms with E-state index < -0.39 is 10.0 Å². The molecular formula is C22H22N2O3S. The number of hydrogen-bond acceptors (Lipinski definition) is 3. The summed E-state index contributed by atoms with van der Waals surface area (Å²) < 4.78 is 27.3. The van der Waals surface area contributed by atoms with Crippen LogP contribution in [0.4, 0.5) is 5.69 Å². The first-order valence-electron chi connectivity index (χ1n) is 9.03. The molecule has 0 heterocycles. The van der Waals surface area contributed by atoms with Gasteiger partial charge in [-0.15, -0.1) is 0 Å². The predicted octanol–water partition coefficient (Wildman–Crippen LogP) is 4.37. The molecule has 0 bridgehead atoms. The van der Waals surface area contributed by atoms with Crippen LogP contribution in [0.1, 0.15) is 35.3 Å². The molecule has 0 aromatic heterocycles. The number of amides is 1. The third kappa shape index (κ3) is 4.78. The lowest BCUT2D eigenvalue weighted by atomic mass is 10.0. The monoisotopic (exact) mass is 394 g/mol.